The van der Waals surface area contributed by atoms with Gasteiger partial charge in [-0.1, -0.05) is 85.6 Å². The van der Waals surface area contributed by atoms with Crippen LogP contribution in [0.4, 0.5) is 0 Å². The van der Waals surface area contributed by atoms with Gasteiger partial charge in [-0.05, 0) is 55.4 Å². The first-order valence-corrected chi connectivity index (χ1v) is 14.3. The fraction of sp³-hybridized carbons (Fsp3) is 0.324. The predicted octanol–water partition coefficient (Wildman–Crippen LogP) is 6.37. The lowest BCUT2D eigenvalue weighted by Gasteiger charge is -2.26. The van der Waals surface area contributed by atoms with Gasteiger partial charge in [-0.3, -0.25) is 4.79 Å². The van der Waals surface area contributed by atoms with Crippen LogP contribution in [0.25, 0.3) is 21.9 Å². The van der Waals surface area contributed by atoms with Crippen molar-refractivity contribution in [2.24, 2.45) is 5.92 Å². The number of hydrogen-bond donors (Lipinski definition) is 2. The van der Waals surface area contributed by atoms with Gasteiger partial charge in [0.1, 0.15) is 11.5 Å². The third-order valence-corrected chi connectivity index (χ3v) is 8.44. The number of para-hydroxylation sites is 1. The molecule has 1 aliphatic carbocycles. The number of nitrogens with zero attached hydrogens (tertiary/aromatic N) is 3. The molecule has 0 aliphatic heterocycles. The average Bonchev–Trinajstić information content (AvgIpc) is 3.60. The van der Waals surface area contributed by atoms with E-state index in [0.29, 0.717) is 12.5 Å². The number of rotatable bonds is 8. The molecule has 40 heavy (non-hydrogen) atoms. The van der Waals surface area contributed by atoms with Crippen LogP contribution in [0.1, 0.15) is 65.9 Å². The van der Waals surface area contributed by atoms with Crippen LogP contribution in [0.3, 0.4) is 0 Å². The van der Waals surface area contributed by atoms with Gasteiger partial charge >= 0.3 is 0 Å². The number of aromatic nitrogens is 3. The first-order valence-electron chi connectivity index (χ1n) is 14.3. The number of amides is 1. The molecule has 1 aliphatic rings. The molecule has 6 rings (SSSR count). The number of aryl methyl sites for hydroxylation is 2. The van der Waals surface area contributed by atoms with Crippen LogP contribution in [-0.2, 0) is 11.3 Å². The maximum Gasteiger partial charge on any atom is 0.228 e. The highest BCUT2D eigenvalue weighted by atomic mass is 16.3. The number of carbonyl (C=O) groups excluding carboxylic acids is 1. The molecule has 204 valence electrons. The number of benzene rings is 3. The minimum Gasteiger partial charge on any atom is -0.394 e. The molecule has 3 aromatic carbocycles. The second-order valence-electron chi connectivity index (χ2n) is 11.1. The number of aliphatic hydroxyl groups excluding tert-OH is 1. The predicted molar refractivity (Wildman–Crippen MR) is 159 cm³/mol. The highest BCUT2D eigenvalue weighted by Gasteiger charge is 2.33. The Kier molecular flexibility index (Phi) is 7.35. The third kappa shape index (κ3) is 5.00. The number of nitrogens with one attached hydrogen (secondary N) is 1. The van der Waals surface area contributed by atoms with E-state index in [1.807, 2.05) is 37.3 Å². The molecular formula is C34H36N4O2. The van der Waals surface area contributed by atoms with E-state index < -0.39 is 6.04 Å². The van der Waals surface area contributed by atoms with Gasteiger partial charge in [0, 0.05) is 17.3 Å². The van der Waals surface area contributed by atoms with Crippen molar-refractivity contribution < 1.29 is 9.90 Å². The summed E-state index contributed by atoms with van der Waals surface area (Å²) in [5.41, 5.74) is 6.20. The van der Waals surface area contributed by atoms with Gasteiger partial charge in [0.25, 0.3) is 0 Å². The summed E-state index contributed by atoms with van der Waals surface area (Å²) in [4.78, 5) is 23.2. The Balaban J connectivity index is 1.30. The first kappa shape index (κ1) is 26.2. The maximum absolute atomic E-state index is 13.7. The molecule has 2 atom stereocenters. The van der Waals surface area contributed by atoms with Crippen LogP contribution in [-0.4, -0.2) is 32.2 Å². The summed E-state index contributed by atoms with van der Waals surface area (Å²) in [7, 11) is 0. The number of hydrogen-bond acceptors (Lipinski definition) is 4. The quantitative estimate of drug-likeness (QED) is 0.243. The Morgan fingerprint density at radius 2 is 1.62 bits per heavy atom. The Morgan fingerprint density at radius 3 is 2.35 bits per heavy atom. The van der Waals surface area contributed by atoms with Crippen molar-refractivity contribution in [2.45, 2.75) is 58.0 Å². The van der Waals surface area contributed by atoms with Crippen molar-refractivity contribution in [3.63, 3.8) is 0 Å². The molecule has 1 fully saturated rings. The van der Waals surface area contributed by atoms with Crippen LogP contribution in [0.5, 0.6) is 0 Å². The maximum atomic E-state index is 13.7. The minimum absolute atomic E-state index is 0.00685. The molecule has 0 unspecified atom stereocenters. The zero-order valence-corrected chi connectivity index (χ0v) is 23.2. The second-order valence-corrected chi connectivity index (χ2v) is 11.1. The summed E-state index contributed by atoms with van der Waals surface area (Å²) in [6.07, 6.45) is 4.41. The molecular weight excluding hydrogens is 496 g/mol. The van der Waals surface area contributed by atoms with Crippen molar-refractivity contribution >= 4 is 27.8 Å². The van der Waals surface area contributed by atoms with Crippen LogP contribution in [0, 0.1) is 19.8 Å². The molecule has 2 N–H and O–H groups in total. The number of fused-ring (bicyclic) bond motifs is 3. The Bertz CT molecular complexity index is 1640. The highest BCUT2D eigenvalue weighted by molar-refractivity contribution is 6.07. The molecule has 1 amide bonds. The molecule has 0 radical (unpaired) electrons. The molecule has 1 saturated carbocycles. The van der Waals surface area contributed by atoms with Gasteiger partial charge < -0.3 is 15.0 Å². The highest BCUT2D eigenvalue weighted by Crippen LogP contribution is 2.38. The Labute approximate surface area is 235 Å². The zero-order valence-electron chi connectivity index (χ0n) is 23.2. The van der Waals surface area contributed by atoms with Gasteiger partial charge in [-0.2, -0.15) is 0 Å². The van der Waals surface area contributed by atoms with E-state index in [1.165, 1.54) is 5.39 Å². The SMILES string of the molecule is Cc1nc(C)c2c3ccccc3n(Cc3ccc([C@@H](C(=O)N[C@@H](CO)c4ccccc4)C4CCCC4)cc3)c2n1. The average molecular weight is 533 g/mol. The summed E-state index contributed by atoms with van der Waals surface area (Å²) in [6.45, 7) is 4.54. The lowest BCUT2D eigenvalue weighted by Crippen LogP contribution is -2.37. The van der Waals surface area contributed by atoms with Crippen LogP contribution < -0.4 is 5.32 Å². The van der Waals surface area contributed by atoms with Crippen LogP contribution in [0.2, 0.25) is 0 Å². The Morgan fingerprint density at radius 1 is 0.925 bits per heavy atom. The van der Waals surface area contributed by atoms with E-state index in [2.05, 4.69) is 70.3 Å². The van der Waals surface area contributed by atoms with E-state index in [9.17, 15) is 9.90 Å². The lowest BCUT2D eigenvalue weighted by atomic mass is 9.83. The van der Waals surface area contributed by atoms with Crippen molar-refractivity contribution in [3.8, 4) is 0 Å². The molecule has 6 heteroatoms. The van der Waals surface area contributed by atoms with Crippen LogP contribution in [0.15, 0.2) is 78.9 Å². The van der Waals surface area contributed by atoms with E-state index in [-0.39, 0.29) is 18.4 Å². The van der Waals surface area contributed by atoms with Gasteiger partial charge in [0.05, 0.1) is 29.8 Å². The molecule has 2 heterocycles. The van der Waals surface area contributed by atoms with Gasteiger partial charge in [-0.15, -0.1) is 0 Å². The summed E-state index contributed by atoms with van der Waals surface area (Å²) < 4.78 is 2.27. The fourth-order valence-corrected chi connectivity index (χ4v) is 6.52. The number of aliphatic hydroxyl groups is 1. The van der Waals surface area contributed by atoms with Crippen molar-refractivity contribution in [1.82, 2.24) is 19.9 Å². The molecule has 2 aromatic heterocycles. The van der Waals surface area contributed by atoms with E-state index in [4.69, 9.17) is 4.98 Å². The second kappa shape index (κ2) is 11.2. The van der Waals surface area contributed by atoms with Crippen molar-refractivity contribution in [3.05, 3.63) is 107 Å². The normalized spacial score (nSPS) is 15.5. The molecule has 0 spiro atoms. The molecule has 6 nitrogen and oxygen atoms in total. The van der Waals surface area contributed by atoms with Gasteiger partial charge in [0.15, 0.2) is 0 Å². The topological polar surface area (TPSA) is 80.0 Å². The molecule has 0 bridgehead atoms. The minimum atomic E-state index is -0.416. The molecule has 0 saturated heterocycles. The first-order chi connectivity index (χ1) is 19.5. The standard InChI is InChI=1S/C34H36N4O2/c1-22-31-28-14-8-9-15-30(28)38(33(31)36-23(2)35-22)20-24-16-18-27(19-17-24)32(26-12-6-7-13-26)34(40)37-29(21-39)25-10-4-3-5-11-25/h3-5,8-11,14-19,26,29,32,39H,6-7,12-13,20-21H2,1-2H3,(H,37,40)/t29-,32-/m0/s1. The summed E-state index contributed by atoms with van der Waals surface area (Å²) >= 11 is 0. The summed E-state index contributed by atoms with van der Waals surface area (Å²) in [6, 6.07) is 26.2. The van der Waals surface area contributed by atoms with E-state index in [1.54, 1.807) is 0 Å². The number of carbonyl (C=O) groups is 1. The summed E-state index contributed by atoms with van der Waals surface area (Å²) in [5, 5.41) is 15.5. The van der Waals surface area contributed by atoms with Crippen molar-refractivity contribution in [2.75, 3.05) is 6.61 Å². The largest absolute Gasteiger partial charge is 0.394 e. The summed E-state index contributed by atoms with van der Waals surface area (Å²) in [5.74, 6) is 0.834. The van der Waals surface area contributed by atoms with E-state index >= 15 is 0 Å². The lowest BCUT2D eigenvalue weighted by molar-refractivity contribution is -0.124. The van der Waals surface area contributed by atoms with Gasteiger partial charge in [-0.25, -0.2) is 9.97 Å². The zero-order chi connectivity index (χ0) is 27.6. The van der Waals surface area contributed by atoms with Crippen molar-refractivity contribution in [1.29, 1.82) is 0 Å². The Hall–Kier alpha value is -4.03. The van der Waals surface area contributed by atoms with Crippen LogP contribution >= 0.6 is 0 Å². The third-order valence-electron chi connectivity index (χ3n) is 8.44. The fourth-order valence-electron chi connectivity index (χ4n) is 6.52. The van der Waals surface area contributed by atoms with Gasteiger partial charge in [0.2, 0.25) is 5.91 Å². The van der Waals surface area contributed by atoms with E-state index in [0.717, 1.165) is 70.4 Å². The molecule has 5 aromatic rings. The smallest absolute Gasteiger partial charge is 0.228 e. The monoisotopic (exact) mass is 532 g/mol.